The fourth-order valence-corrected chi connectivity index (χ4v) is 4.88. The van der Waals surface area contributed by atoms with E-state index in [0.29, 0.717) is 23.1 Å². The summed E-state index contributed by atoms with van der Waals surface area (Å²) in [6, 6.07) is 11.2. The van der Waals surface area contributed by atoms with Gasteiger partial charge in [0.15, 0.2) is 0 Å². The molecule has 27 heavy (non-hydrogen) atoms. The Kier molecular flexibility index (Phi) is 5.90. The van der Waals surface area contributed by atoms with Gasteiger partial charge in [0, 0.05) is 47.3 Å². The average Bonchev–Trinajstić information content (AvgIpc) is 3.11. The number of rotatable bonds is 3. The Morgan fingerprint density at radius 2 is 1.85 bits per heavy atom. The Balaban J connectivity index is 0.00000210. The van der Waals surface area contributed by atoms with Crippen LogP contribution >= 0.6 is 24.0 Å². The first-order valence-corrected chi connectivity index (χ1v) is 9.80. The smallest absolute Gasteiger partial charge is 0.255 e. The van der Waals surface area contributed by atoms with Gasteiger partial charge in [-0.05, 0) is 63.8 Å². The summed E-state index contributed by atoms with van der Waals surface area (Å²) in [5.41, 5.74) is 3.80. The normalized spacial score (nSPS) is 23.8. The summed E-state index contributed by atoms with van der Waals surface area (Å²) in [5.74, 6) is 0.123. The zero-order valence-electron chi connectivity index (χ0n) is 16.0. The van der Waals surface area contributed by atoms with Crippen LogP contribution in [0, 0.1) is 13.8 Å². The molecule has 1 amide bonds. The number of halogens is 2. The van der Waals surface area contributed by atoms with Crippen LogP contribution in [0.15, 0.2) is 30.3 Å². The van der Waals surface area contributed by atoms with Crippen molar-refractivity contribution < 1.29 is 4.79 Å². The highest BCUT2D eigenvalue weighted by molar-refractivity contribution is 6.30. The second kappa shape index (κ2) is 7.86. The van der Waals surface area contributed by atoms with Gasteiger partial charge in [0.1, 0.15) is 0 Å². The molecular weight excluding hydrogens is 381 g/mol. The van der Waals surface area contributed by atoms with Crippen LogP contribution in [0.4, 0.5) is 0 Å². The van der Waals surface area contributed by atoms with E-state index in [-0.39, 0.29) is 18.3 Å². The van der Waals surface area contributed by atoms with Crippen molar-refractivity contribution in [3.05, 3.63) is 52.3 Å². The Bertz CT molecular complexity index is 836. The lowest BCUT2D eigenvalue weighted by molar-refractivity contribution is 0.0681. The number of aryl methyl sites for hydroxylation is 1. The standard InChI is InChI=1S/C21H26ClN3O.ClH/c1-13-9-20(14(2)25(13)18-6-4-5-15(22)10-18)21(26)24(3)19-11-16-7-8-17(12-19)23-16;/h4-6,9-10,16-17,19,23H,7-8,11-12H2,1-3H3;1H. The number of benzene rings is 1. The first-order chi connectivity index (χ1) is 12.4. The highest BCUT2D eigenvalue weighted by Crippen LogP contribution is 2.31. The fourth-order valence-electron chi connectivity index (χ4n) is 4.69. The zero-order valence-corrected chi connectivity index (χ0v) is 17.6. The molecule has 2 unspecified atom stereocenters. The van der Waals surface area contributed by atoms with Crippen molar-refractivity contribution in [2.75, 3.05) is 7.05 Å². The number of piperidine rings is 1. The van der Waals surface area contributed by atoms with Crippen molar-refractivity contribution in [1.29, 1.82) is 0 Å². The molecule has 2 fully saturated rings. The molecule has 1 N–H and O–H groups in total. The number of nitrogens with one attached hydrogen (secondary N) is 1. The van der Waals surface area contributed by atoms with E-state index in [0.717, 1.165) is 35.5 Å². The molecule has 4 rings (SSSR count). The van der Waals surface area contributed by atoms with Crippen molar-refractivity contribution in [3.63, 3.8) is 0 Å². The van der Waals surface area contributed by atoms with Gasteiger partial charge in [0.05, 0.1) is 5.56 Å². The number of hydrogen-bond acceptors (Lipinski definition) is 2. The molecule has 2 bridgehead atoms. The minimum Gasteiger partial charge on any atom is -0.339 e. The van der Waals surface area contributed by atoms with E-state index in [9.17, 15) is 4.79 Å². The molecule has 4 nitrogen and oxygen atoms in total. The topological polar surface area (TPSA) is 37.3 Å². The first-order valence-electron chi connectivity index (χ1n) is 9.42. The van der Waals surface area contributed by atoms with Gasteiger partial charge in [-0.1, -0.05) is 17.7 Å². The predicted octanol–water partition coefficient (Wildman–Crippen LogP) is 4.52. The van der Waals surface area contributed by atoms with E-state index in [1.807, 2.05) is 56.1 Å². The second-order valence-corrected chi connectivity index (χ2v) is 8.22. The van der Waals surface area contributed by atoms with Crippen LogP contribution in [0.25, 0.3) is 5.69 Å². The molecule has 2 atom stereocenters. The van der Waals surface area contributed by atoms with Crippen LogP contribution < -0.4 is 5.32 Å². The van der Waals surface area contributed by atoms with E-state index in [1.54, 1.807) is 0 Å². The number of aromatic nitrogens is 1. The molecule has 0 spiro atoms. The minimum absolute atomic E-state index is 0. The summed E-state index contributed by atoms with van der Waals surface area (Å²) in [7, 11) is 1.96. The van der Waals surface area contributed by atoms with E-state index < -0.39 is 0 Å². The SMILES string of the molecule is Cc1cc(C(=O)N(C)C2CC3CCC(C2)N3)c(C)n1-c1cccc(Cl)c1.Cl. The first kappa shape index (κ1) is 20.2. The number of amides is 1. The van der Waals surface area contributed by atoms with Gasteiger partial charge in [0.2, 0.25) is 0 Å². The Hall–Kier alpha value is -1.49. The van der Waals surface area contributed by atoms with Crippen LogP contribution in [0.2, 0.25) is 5.02 Å². The summed E-state index contributed by atoms with van der Waals surface area (Å²) in [6.45, 7) is 4.05. The monoisotopic (exact) mass is 407 g/mol. The summed E-state index contributed by atoms with van der Waals surface area (Å²) in [5, 5.41) is 4.35. The van der Waals surface area contributed by atoms with Gasteiger partial charge in [-0.25, -0.2) is 0 Å². The second-order valence-electron chi connectivity index (χ2n) is 7.78. The maximum absolute atomic E-state index is 13.2. The number of hydrogen-bond donors (Lipinski definition) is 1. The van der Waals surface area contributed by atoms with E-state index in [1.165, 1.54) is 12.8 Å². The zero-order chi connectivity index (χ0) is 18.4. The van der Waals surface area contributed by atoms with Gasteiger partial charge in [-0.15, -0.1) is 12.4 Å². The lowest BCUT2D eigenvalue weighted by Crippen LogP contribution is -2.48. The van der Waals surface area contributed by atoms with Crippen molar-refractivity contribution in [2.45, 2.75) is 57.7 Å². The maximum Gasteiger partial charge on any atom is 0.255 e. The molecule has 6 heteroatoms. The molecular formula is C21H27Cl2N3O. The summed E-state index contributed by atoms with van der Waals surface area (Å²) in [6.07, 6.45) is 4.61. The van der Waals surface area contributed by atoms with E-state index in [2.05, 4.69) is 9.88 Å². The Morgan fingerprint density at radius 3 is 2.48 bits per heavy atom. The number of fused-ring (bicyclic) bond motifs is 2. The van der Waals surface area contributed by atoms with Gasteiger partial charge >= 0.3 is 0 Å². The molecule has 0 radical (unpaired) electrons. The molecule has 1 aromatic carbocycles. The number of carbonyl (C=O) groups is 1. The third-order valence-corrected chi connectivity index (χ3v) is 6.28. The minimum atomic E-state index is 0. The van der Waals surface area contributed by atoms with Gasteiger partial charge in [0.25, 0.3) is 5.91 Å². The van der Waals surface area contributed by atoms with Crippen LogP contribution in [0.3, 0.4) is 0 Å². The van der Waals surface area contributed by atoms with Gasteiger partial charge in [-0.2, -0.15) is 0 Å². The number of carbonyl (C=O) groups excluding carboxylic acids is 1. The lowest BCUT2D eigenvalue weighted by atomic mass is 9.98. The third kappa shape index (κ3) is 3.75. The molecule has 0 aliphatic carbocycles. The average molecular weight is 408 g/mol. The van der Waals surface area contributed by atoms with Crippen molar-refractivity contribution in [2.24, 2.45) is 0 Å². The van der Waals surface area contributed by atoms with Gasteiger partial charge in [-0.3, -0.25) is 4.79 Å². The maximum atomic E-state index is 13.2. The highest BCUT2D eigenvalue weighted by Gasteiger charge is 2.37. The molecule has 2 aliphatic rings. The third-order valence-electron chi connectivity index (χ3n) is 6.04. The summed E-state index contributed by atoms with van der Waals surface area (Å²) < 4.78 is 2.11. The van der Waals surface area contributed by atoms with Crippen molar-refractivity contribution in [3.8, 4) is 5.69 Å². The molecule has 2 aliphatic heterocycles. The Morgan fingerprint density at radius 1 is 1.19 bits per heavy atom. The fraction of sp³-hybridized carbons (Fsp3) is 0.476. The predicted molar refractivity (Wildman–Crippen MR) is 113 cm³/mol. The van der Waals surface area contributed by atoms with Crippen LogP contribution in [0.1, 0.15) is 47.4 Å². The molecule has 1 aromatic heterocycles. The highest BCUT2D eigenvalue weighted by atomic mass is 35.5. The van der Waals surface area contributed by atoms with E-state index in [4.69, 9.17) is 11.6 Å². The van der Waals surface area contributed by atoms with Gasteiger partial charge < -0.3 is 14.8 Å². The Labute approximate surface area is 172 Å². The van der Waals surface area contributed by atoms with Crippen LogP contribution in [-0.4, -0.2) is 40.5 Å². The molecule has 0 saturated carbocycles. The summed E-state index contributed by atoms with van der Waals surface area (Å²) >= 11 is 6.16. The van der Waals surface area contributed by atoms with Crippen molar-refractivity contribution in [1.82, 2.24) is 14.8 Å². The molecule has 146 valence electrons. The lowest BCUT2D eigenvalue weighted by Gasteiger charge is -2.35. The molecule has 2 aromatic rings. The molecule has 3 heterocycles. The quantitative estimate of drug-likeness (QED) is 0.811. The number of nitrogens with zero attached hydrogens (tertiary/aromatic N) is 2. The largest absolute Gasteiger partial charge is 0.339 e. The summed E-state index contributed by atoms with van der Waals surface area (Å²) in [4.78, 5) is 15.2. The van der Waals surface area contributed by atoms with E-state index >= 15 is 0 Å². The van der Waals surface area contributed by atoms with Crippen LogP contribution in [-0.2, 0) is 0 Å². The van der Waals surface area contributed by atoms with Crippen LogP contribution in [0.5, 0.6) is 0 Å². The molecule has 2 saturated heterocycles. The van der Waals surface area contributed by atoms with Crippen molar-refractivity contribution >= 4 is 29.9 Å².